The van der Waals surface area contributed by atoms with E-state index in [-0.39, 0.29) is 10.6 Å². The van der Waals surface area contributed by atoms with Crippen molar-refractivity contribution in [3.8, 4) is 0 Å². The van der Waals surface area contributed by atoms with Gasteiger partial charge in [0.05, 0.1) is 4.92 Å². The highest BCUT2D eigenvalue weighted by Crippen LogP contribution is 2.29. The topological polar surface area (TPSA) is 73.0 Å². The fraction of sp³-hybridized carbons (Fsp3) is 0.357. The molecule has 0 aliphatic carbocycles. The van der Waals surface area contributed by atoms with Crippen LogP contribution in [0.15, 0.2) is 28.7 Å². The molecule has 7 heteroatoms. The second-order valence-electron chi connectivity index (χ2n) is 4.75. The van der Waals surface area contributed by atoms with E-state index in [0.717, 1.165) is 16.5 Å². The zero-order chi connectivity index (χ0) is 15.4. The lowest BCUT2D eigenvalue weighted by Gasteiger charge is -2.09. The largest absolute Gasteiger partial charge is 0.360 e. The Balaban J connectivity index is 2.27. The fourth-order valence-corrected chi connectivity index (χ4v) is 2.62. The van der Waals surface area contributed by atoms with Crippen molar-refractivity contribution in [2.75, 3.05) is 5.32 Å². The van der Waals surface area contributed by atoms with Crippen LogP contribution in [0.2, 0.25) is 0 Å². The number of aryl methyl sites for hydroxylation is 2. The number of aromatic nitrogens is 2. The van der Waals surface area contributed by atoms with E-state index in [2.05, 4.69) is 26.3 Å². The number of hydrogen-bond donors (Lipinski definition) is 1. The number of benzene rings is 1. The first kappa shape index (κ1) is 15.5. The Morgan fingerprint density at radius 1 is 1.48 bits per heavy atom. The van der Waals surface area contributed by atoms with Gasteiger partial charge in [-0.15, -0.1) is 0 Å². The van der Waals surface area contributed by atoms with E-state index in [1.54, 1.807) is 11.6 Å². The number of anilines is 1. The monoisotopic (exact) mass is 352 g/mol. The first-order valence-corrected chi connectivity index (χ1v) is 7.52. The average molecular weight is 353 g/mol. The van der Waals surface area contributed by atoms with E-state index in [4.69, 9.17) is 0 Å². The minimum atomic E-state index is -0.377. The van der Waals surface area contributed by atoms with Crippen LogP contribution in [0, 0.1) is 17.0 Å². The fourth-order valence-electron chi connectivity index (χ4n) is 2.17. The molecule has 0 radical (unpaired) electrons. The number of nitrogens with one attached hydrogen (secondary N) is 1. The molecule has 6 nitrogen and oxygen atoms in total. The van der Waals surface area contributed by atoms with Crippen LogP contribution in [0.5, 0.6) is 0 Å². The first-order valence-electron chi connectivity index (χ1n) is 6.73. The van der Waals surface area contributed by atoms with E-state index >= 15 is 0 Å². The predicted molar refractivity (Wildman–Crippen MR) is 85.4 cm³/mol. The number of halogens is 1. The van der Waals surface area contributed by atoms with Crippen molar-refractivity contribution in [3.05, 3.63) is 50.1 Å². The molecule has 1 N–H and O–H groups in total. The molecule has 112 valence electrons. The van der Waals surface area contributed by atoms with Crippen LogP contribution >= 0.6 is 15.9 Å². The van der Waals surface area contributed by atoms with E-state index in [9.17, 15) is 10.1 Å². The molecule has 2 rings (SSSR count). The van der Waals surface area contributed by atoms with Crippen molar-refractivity contribution in [2.45, 2.75) is 33.4 Å². The molecule has 1 aromatic heterocycles. The lowest BCUT2D eigenvalue weighted by molar-refractivity contribution is -0.384. The van der Waals surface area contributed by atoms with Crippen LogP contribution in [0.4, 0.5) is 11.5 Å². The van der Waals surface area contributed by atoms with Gasteiger partial charge >= 0.3 is 5.69 Å². The van der Waals surface area contributed by atoms with Crippen LogP contribution in [-0.2, 0) is 13.1 Å². The van der Waals surface area contributed by atoms with Gasteiger partial charge in [-0.25, -0.2) is 4.68 Å². The Morgan fingerprint density at radius 3 is 2.86 bits per heavy atom. The number of nitrogens with zero attached hydrogens (tertiary/aromatic N) is 3. The molecule has 0 aliphatic rings. The summed E-state index contributed by atoms with van der Waals surface area (Å²) >= 11 is 3.42. The summed E-state index contributed by atoms with van der Waals surface area (Å²) < 4.78 is 2.65. The van der Waals surface area contributed by atoms with Gasteiger partial charge in [-0.3, -0.25) is 10.1 Å². The summed E-state index contributed by atoms with van der Waals surface area (Å²) in [7, 11) is 0. The van der Waals surface area contributed by atoms with Crippen LogP contribution in [0.3, 0.4) is 0 Å². The lowest BCUT2D eigenvalue weighted by atomic mass is 10.2. The highest BCUT2D eigenvalue weighted by molar-refractivity contribution is 9.10. The molecule has 1 aromatic carbocycles. The first-order chi connectivity index (χ1) is 10.0. The SMILES string of the molecule is CCCn1nc(C)c([N+](=O)[O-])c1NCc1cccc(Br)c1. The van der Waals surface area contributed by atoms with Gasteiger partial charge < -0.3 is 5.32 Å². The summed E-state index contributed by atoms with van der Waals surface area (Å²) in [6.07, 6.45) is 0.865. The van der Waals surface area contributed by atoms with E-state index in [1.165, 1.54) is 0 Å². The Kier molecular flexibility index (Phi) is 4.95. The van der Waals surface area contributed by atoms with Gasteiger partial charge in [0.1, 0.15) is 5.69 Å². The molecule has 0 aliphatic heterocycles. The molecule has 0 spiro atoms. The highest BCUT2D eigenvalue weighted by atomic mass is 79.9. The standard InChI is InChI=1S/C14H17BrN4O2/c1-3-7-18-14(13(19(20)21)10(2)17-18)16-9-11-5-4-6-12(15)8-11/h4-6,8,16H,3,7,9H2,1-2H3. The smallest absolute Gasteiger partial charge is 0.333 e. The van der Waals surface area contributed by atoms with Gasteiger partial charge in [0, 0.05) is 17.6 Å². The Bertz CT molecular complexity index is 654. The zero-order valence-electron chi connectivity index (χ0n) is 12.0. The maximum Gasteiger partial charge on any atom is 0.333 e. The summed E-state index contributed by atoms with van der Waals surface area (Å²) in [4.78, 5) is 10.9. The summed E-state index contributed by atoms with van der Waals surface area (Å²) in [5.74, 6) is 0.472. The van der Waals surface area contributed by atoms with Crippen molar-refractivity contribution < 1.29 is 4.92 Å². The molecule has 0 amide bonds. The zero-order valence-corrected chi connectivity index (χ0v) is 13.6. The van der Waals surface area contributed by atoms with Crippen molar-refractivity contribution in [2.24, 2.45) is 0 Å². The van der Waals surface area contributed by atoms with Crippen LogP contribution < -0.4 is 5.32 Å². The molecule has 2 aromatic rings. The maximum atomic E-state index is 11.2. The molecule has 0 saturated heterocycles. The number of rotatable bonds is 6. The van der Waals surface area contributed by atoms with Crippen molar-refractivity contribution in [3.63, 3.8) is 0 Å². The molecule has 0 unspecified atom stereocenters. The third-order valence-corrected chi connectivity index (χ3v) is 3.56. The molecule has 1 heterocycles. The van der Waals surface area contributed by atoms with Gasteiger partial charge in [0.25, 0.3) is 0 Å². The minimum absolute atomic E-state index is 0.0541. The van der Waals surface area contributed by atoms with Crippen LogP contribution in [0.1, 0.15) is 24.6 Å². The van der Waals surface area contributed by atoms with Gasteiger partial charge in [-0.1, -0.05) is 35.0 Å². The quantitative estimate of drug-likeness (QED) is 0.632. The molecular weight excluding hydrogens is 336 g/mol. The summed E-state index contributed by atoms with van der Waals surface area (Å²) in [5.41, 5.74) is 1.53. The van der Waals surface area contributed by atoms with Crippen molar-refractivity contribution >= 4 is 27.4 Å². The summed E-state index contributed by atoms with van der Waals surface area (Å²) in [5, 5.41) is 18.6. The van der Waals surface area contributed by atoms with E-state index in [1.807, 2.05) is 31.2 Å². The van der Waals surface area contributed by atoms with Crippen molar-refractivity contribution in [1.82, 2.24) is 9.78 Å². The third kappa shape index (κ3) is 3.60. The summed E-state index contributed by atoms with van der Waals surface area (Å²) in [6.45, 7) is 4.83. The Hall–Kier alpha value is -1.89. The highest BCUT2D eigenvalue weighted by Gasteiger charge is 2.24. The molecule has 0 saturated carbocycles. The average Bonchev–Trinajstić information content (AvgIpc) is 2.73. The van der Waals surface area contributed by atoms with E-state index in [0.29, 0.717) is 24.6 Å². The van der Waals surface area contributed by atoms with Gasteiger partial charge in [0.2, 0.25) is 5.82 Å². The minimum Gasteiger partial charge on any atom is -0.360 e. The molecule has 0 atom stereocenters. The maximum absolute atomic E-state index is 11.2. The lowest BCUT2D eigenvalue weighted by Crippen LogP contribution is -2.09. The molecular formula is C14H17BrN4O2. The van der Waals surface area contributed by atoms with Gasteiger partial charge in [0.15, 0.2) is 0 Å². The normalized spacial score (nSPS) is 10.6. The number of nitro groups is 1. The second kappa shape index (κ2) is 6.71. The van der Waals surface area contributed by atoms with Crippen LogP contribution in [-0.4, -0.2) is 14.7 Å². The predicted octanol–water partition coefficient (Wildman–Crippen LogP) is 3.88. The second-order valence-corrected chi connectivity index (χ2v) is 5.66. The summed E-state index contributed by atoms with van der Waals surface area (Å²) in [6, 6.07) is 7.82. The molecule has 0 fully saturated rings. The molecule has 0 bridgehead atoms. The Labute approximate surface area is 131 Å². The third-order valence-electron chi connectivity index (χ3n) is 3.06. The van der Waals surface area contributed by atoms with Gasteiger partial charge in [-0.05, 0) is 31.0 Å². The molecule has 21 heavy (non-hydrogen) atoms. The van der Waals surface area contributed by atoms with E-state index < -0.39 is 0 Å². The Morgan fingerprint density at radius 2 is 2.24 bits per heavy atom. The number of hydrogen-bond acceptors (Lipinski definition) is 4. The van der Waals surface area contributed by atoms with Crippen LogP contribution in [0.25, 0.3) is 0 Å². The van der Waals surface area contributed by atoms with Crippen molar-refractivity contribution in [1.29, 1.82) is 0 Å². The van der Waals surface area contributed by atoms with Gasteiger partial charge in [-0.2, -0.15) is 5.10 Å².